The van der Waals surface area contributed by atoms with Crippen molar-refractivity contribution in [1.29, 1.82) is 0 Å². The van der Waals surface area contributed by atoms with Crippen LogP contribution in [0.4, 0.5) is 0 Å². The maximum atomic E-state index is 13.5. The first kappa shape index (κ1) is 22.2. The van der Waals surface area contributed by atoms with Crippen LogP contribution in [0.1, 0.15) is 71.8 Å². The molecule has 0 bridgehead atoms. The van der Waals surface area contributed by atoms with E-state index in [9.17, 15) is 4.79 Å². The van der Waals surface area contributed by atoms with Crippen molar-refractivity contribution in [1.82, 2.24) is 5.32 Å². The molecule has 31 heavy (non-hydrogen) atoms. The number of ether oxygens (including phenoxy) is 1. The minimum Gasteiger partial charge on any atom is -0.497 e. The fourth-order valence-electron chi connectivity index (χ4n) is 6.74. The monoisotopic (exact) mass is 421 g/mol. The van der Waals surface area contributed by atoms with E-state index in [2.05, 4.69) is 45.2 Å². The predicted molar refractivity (Wildman–Crippen MR) is 127 cm³/mol. The van der Waals surface area contributed by atoms with Gasteiger partial charge in [-0.2, -0.15) is 0 Å². The zero-order valence-corrected chi connectivity index (χ0v) is 20.0. The summed E-state index contributed by atoms with van der Waals surface area (Å²) in [6, 6.07) is 7.97. The Morgan fingerprint density at radius 3 is 2.61 bits per heavy atom. The lowest BCUT2D eigenvalue weighted by atomic mass is 9.46. The third-order valence-electron chi connectivity index (χ3n) is 8.71. The van der Waals surface area contributed by atoms with Crippen LogP contribution in [0.5, 0.6) is 5.75 Å². The van der Waals surface area contributed by atoms with Gasteiger partial charge >= 0.3 is 0 Å². The molecule has 0 aliphatic heterocycles. The lowest BCUT2D eigenvalue weighted by molar-refractivity contribution is -0.144. The Balaban J connectivity index is 1.53. The van der Waals surface area contributed by atoms with E-state index >= 15 is 0 Å². The standard InChI is InChI=1S/C28H39NO2/c1-19(2)21-9-13-24-22(17-21)10-14-25-27(24,3)15-6-16-28(25,4)26(30)29-18-20-7-11-23(31-5)12-8-20/h7-8,10-12,17,19,24-25H,6,9,13-16,18H2,1-5H3,(H,29,30)/t24-,25+,27+,28+/m0/s1. The third-order valence-corrected chi connectivity index (χ3v) is 8.71. The van der Waals surface area contributed by atoms with E-state index < -0.39 is 0 Å². The molecule has 1 aromatic carbocycles. The van der Waals surface area contributed by atoms with E-state index in [1.165, 1.54) is 19.3 Å². The second-order valence-electron chi connectivity index (χ2n) is 10.8. The molecule has 0 unspecified atom stereocenters. The van der Waals surface area contributed by atoms with Gasteiger partial charge in [-0.1, -0.05) is 64.0 Å². The average molecular weight is 422 g/mol. The summed E-state index contributed by atoms with van der Waals surface area (Å²) in [7, 11) is 1.67. The molecule has 4 atom stereocenters. The number of nitrogens with one attached hydrogen (secondary N) is 1. The van der Waals surface area contributed by atoms with Crippen LogP contribution in [0.2, 0.25) is 0 Å². The van der Waals surface area contributed by atoms with Crippen molar-refractivity contribution < 1.29 is 9.53 Å². The Labute approximate surface area is 188 Å². The Bertz CT molecular complexity index is 881. The smallest absolute Gasteiger partial charge is 0.226 e. The highest BCUT2D eigenvalue weighted by Crippen LogP contribution is 2.62. The molecule has 0 radical (unpaired) electrons. The first-order chi connectivity index (χ1) is 14.8. The molecule has 0 saturated heterocycles. The number of carbonyl (C=O) groups excluding carboxylic acids is 1. The van der Waals surface area contributed by atoms with Gasteiger partial charge < -0.3 is 10.1 Å². The zero-order chi connectivity index (χ0) is 22.2. The fourth-order valence-corrected chi connectivity index (χ4v) is 6.74. The number of methoxy groups -OCH3 is 1. The van der Waals surface area contributed by atoms with Gasteiger partial charge in [0.1, 0.15) is 5.75 Å². The molecule has 3 heteroatoms. The molecule has 1 saturated carbocycles. The summed E-state index contributed by atoms with van der Waals surface area (Å²) in [6.45, 7) is 9.91. The van der Waals surface area contributed by atoms with E-state index in [0.717, 1.165) is 30.6 Å². The molecule has 3 aliphatic rings. The summed E-state index contributed by atoms with van der Waals surface area (Å²) >= 11 is 0. The van der Waals surface area contributed by atoms with Crippen LogP contribution in [0.15, 0.2) is 47.6 Å². The molecule has 1 fully saturated rings. The first-order valence-corrected chi connectivity index (χ1v) is 12.1. The van der Waals surface area contributed by atoms with E-state index in [0.29, 0.717) is 24.3 Å². The van der Waals surface area contributed by atoms with Crippen LogP contribution >= 0.6 is 0 Å². The second-order valence-corrected chi connectivity index (χ2v) is 10.8. The lowest BCUT2D eigenvalue weighted by Crippen LogP contribution is -2.55. The third kappa shape index (κ3) is 3.97. The normalized spacial score (nSPS) is 32.5. The van der Waals surface area contributed by atoms with Crippen LogP contribution in [0, 0.1) is 28.6 Å². The van der Waals surface area contributed by atoms with Gasteiger partial charge in [0.2, 0.25) is 5.91 Å². The van der Waals surface area contributed by atoms with Gasteiger partial charge in [0.05, 0.1) is 12.5 Å². The molecule has 3 aliphatic carbocycles. The number of fused-ring (bicyclic) bond motifs is 3. The van der Waals surface area contributed by atoms with Gasteiger partial charge in [0.15, 0.2) is 0 Å². The number of hydrogen-bond acceptors (Lipinski definition) is 2. The summed E-state index contributed by atoms with van der Waals surface area (Å²) in [4.78, 5) is 13.5. The van der Waals surface area contributed by atoms with Crippen molar-refractivity contribution >= 4 is 5.91 Å². The maximum absolute atomic E-state index is 13.5. The number of allylic oxidation sites excluding steroid dienone is 4. The van der Waals surface area contributed by atoms with E-state index in [-0.39, 0.29) is 16.7 Å². The van der Waals surface area contributed by atoms with Crippen molar-refractivity contribution in [2.75, 3.05) is 7.11 Å². The maximum Gasteiger partial charge on any atom is 0.226 e. The summed E-state index contributed by atoms with van der Waals surface area (Å²) in [5.74, 6) is 2.71. The van der Waals surface area contributed by atoms with Crippen molar-refractivity contribution in [2.45, 2.75) is 72.8 Å². The quantitative estimate of drug-likeness (QED) is 0.593. The Hall–Kier alpha value is -2.03. The van der Waals surface area contributed by atoms with Gasteiger partial charge in [-0.3, -0.25) is 4.79 Å². The molecule has 3 nitrogen and oxygen atoms in total. The number of carbonyl (C=O) groups is 1. The number of amides is 1. The van der Waals surface area contributed by atoms with Crippen molar-refractivity contribution in [3.05, 3.63) is 53.1 Å². The van der Waals surface area contributed by atoms with Crippen LogP contribution in [0.3, 0.4) is 0 Å². The minimum absolute atomic E-state index is 0.216. The van der Waals surface area contributed by atoms with Crippen molar-refractivity contribution in [2.24, 2.45) is 28.6 Å². The van der Waals surface area contributed by atoms with Crippen LogP contribution < -0.4 is 10.1 Å². The molecular weight excluding hydrogens is 382 g/mol. The molecule has 168 valence electrons. The van der Waals surface area contributed by atoms with Gasteiger partial charge in [-0.25, -0.2) is 0 Å². The molecule has 4 rings (SSSR count). The Morgan fingerprint density at radius 1 is 1.19 bits per heavy atom. The highest BCUT2D eigenvalue weighted by atomic mass is 16.5. The largest absolute Gasteiger partial charge is 0.497 e. The summed E-state index contributed by atoms with van der Waals surface area (Å²) in [5, 5.41) is 3.28. The fraction of sp³-hybridized carbons (Fsp3) is 0.607. The summed E-state index contributed by atoms with van der Waals surface area (Å²) < 4.78 is 5.24. The topological polar surface area (TPSA) is 38.3 Å². The van der Waals surface area contributed by atoms with Gasteiger partial charge in [-0.05, 0) is 78.5 Å². The number of benzene rings is 1. The molecule has 1 N–H and O–H groups in total. The Morgan fingerprint density at radius 2 is 1.94 bits per heavy atom. The van der Waals surface area contributed by atoms with Crippen molar-refractivity contribution in [3.63, 3.8) is 0 Å². The predicted octanol–water partition coefficient (Wildman–Crippen LogP) is 6.45. The zero-order valence-electron chi connectivity index (χ0n) is 20.0. The SMILES string of the molecule is COc1ccc(CNC(=O)[C@]2(C)CCC[C@@]3(C)[C@H]2CC=C2C=C(C(C)C)CC[C@@H]23)cc1. The number of rotatable bonds is 5. The molecule has 0 aromatic heterocycles. The second kappa shape index (κ2) is 8.48. The highest BCUT2D eigenvalue weighted by Gasteiger charge is 2.56. The highest BCUT2D eigenvalue weighted by molar-refractivity contribution is 5.83. The first-order valence-electron chi connectivity index (χ1n) is 12.1. The molecular formula is C28H39NO2. The van der Waals surface area contributed by atoms with Crippen LogP contribution in [0.25, 0.3) is 0 Å². The Kier molecular flexibility index (Phi) is 6.07. The molecule has 0 spiro atoms. The minimum atomic E-state index is -0.302. The van der Waals surface area contributed by atoms with Gasteiger partial charge in [0, 0.05) is 6.54 Å². The van der Waals surface area contributed by atoms with Crippen molar-refractivity contribution in [3.8, 4) is 5.75 Å². The van der Waals surface area contributed by atoms with E-state index in [1.807, 2.05) is 24.3 Å². The number of hydrogen-bond donors (Lipinski definition) is 1. The molecule has 1 amide bonds. The van der Waals surface area contributed by atoms with Crippen LogP contribution in [-0.2, 0) is 11.3 Å². The van der Waals surface area contributed by atoms with Gasteiger partial charge in [0.25, 0.3) is 0 Å². The van der Waals surface area contributed by atoms with Crippen LogP contribution in [-0.4, -0.2) is 13.0 Å². The van der Waals surface area contributed by atoms with E-state index in [4.69, 9.17) is 4.74 Å². The molecule has 1 aromatic rings. The summed E-state index contributed by atoms with van der Waals surface area (Å²) in [5.41, 5.74) is 4.18. The average Bonchev–Trinajstić information content (AvgIpc) is 2.77. The molecule has 0 heterocycles. The van der Waals surface area contributed by atoms with Gasteiger partial charge in [-0.15, -0.1) is 0 Å². The lowest BCUT2D eigenvalue weighted by Gasteiger charge is -2.57. The summed E-state index contributed by atoms with van der Waals surface area (Å²) in [6.07, 6.45) is 11.8. The van der Waals surface area contributed by atoms with E-state index in [1.54, 1.807) is 18.3 Å².